The molecule has 0 saturated heterocycles. The monoisotopic (exact) mass is 1120 g/mol. The lowest BCUT2D eigenvalue weighted by Crippen LogP contribution is -2.47. The molecule has 3 atom stereocenters. The molecule has 0 saturated carbocycles. The van der Waals surface area contributed by atoms with Crippen LogP contribution in [0.5, 0.6) is 0 Å². The summed E-state index contributed by atoms with van der Waals surface area (Å²) in [7, 11) is 1.47. The van der Waals surface area contributed by atoms with Crippen LogP contribution in [0.4, 0.5) is 0 Å². The summed E-state index contributed by atoms with van der Waals surface area (Å²) in [4.78, 5) is 37.7. The molecule has 0 aliphatic heterocycles. The van der Waals surface area contributed by atoms with Crippen molar-refractivity contribution in [3.05, 3.63) is 109 Å². The van der Waals surface area contributed by atoms with Crippen molar-refractivity contribution in [1.29, 1.82) is 0 Å². The van der Waals surface area contributed by atoms with E-state index in [4.69, 9.17) is 13.8 Å². The number of likely N-dealkylation sites (N-methyl/N-ethyl adjacent to an activating group) is 1. The van der Waals surface area contributed by atoms with E-state index in [-0.39, 0.29) is 31.5 Å². The average molecular weight is 1120 g/mol. The van der Waals surface area contributed by atoms with Gasteiger partial charge < -0.3 is 19.4 Å². The number of amides is 1. The number of hydrogen-bond acceptors (Lipinski definition) is 6. The molecule has 0 aromatic heterocycles. The van der Waals surface area contributed by atoms with Gasteiger partial charge in [0.1, 0.15) is 19.3 Å². The number of unbranched alkanes of at least 4 members (excludes halogenated alkanes) is 26. The predicted octanol–water partition coefficient (Wildman–Crippen LogP) is 20.1. The lowest BCUT2D eigenvalue weighted by molar-refractivity contribution is -0.870. The maximum Gasteiger partial charge on any atom is 0.472 e. The minimum atomic E-state index is -4.46. The number of esters is 1. The molecule has 0 aliphatic carbocycles. The highest BCUT2D eigenvalue weighted by molar-refractivity contribution is 7.47. The Hall–Kier alpha value is -3.33. The molecule has 0 fully saturated rings. The third-order valence-electron chi connectivity index (χ3n) is 13.7. The van der Waals surface area contributed by atoms with Gasteiger partial charge in [0.2, 0.25) is 5.91 Å². The summed E-state index contributed by atoms with van der Waals surface area (Å²) in [6.07, 6.45) is 79.4. The number of nitrogens with zero attached hydrogens (tertiary/aromatic N) is 1. The number of carbonyl (C=O) groups is 2. The summed E-state index contributed by atoms with van der Waals surface area (Å²) in [5.41, 5.74) is 0. The van der Waals surface area contributed by atoms with Gasteiger partial charge in [-0.2, -0.15) is 0 Å². The molecule has 454 valence electrons. The molecule has 0 heterocycles. The van der Waals surface area contributed by atoms with Crippen molar-refractivity contribution < 1.29 is 37.3 Å². The normalized spacial score (nSPS) is 14.4. The van der Waals surface area contributed by atoms with Crippen LogP contribution in [-0.4, -0.2) is 74.3 Å². The molecule has 3 unspecified atom stereocenters. The minimum Gasteiger partial charge on any atom is -0.456 e. The van der Waals surface area contributed by atoms with Gasteiger partial charge in [0.25, 0.3) is 0 Å². The number of quaternary nitrogens is 1. The van der Waals surface area contributed by atoms with Crippen LogP contribution < -0.4 is 5.32 Å². The van der Waals surface area contributed by atoms with Crippen molar-refractivity contribution in [2.75, 3.05) is 40.9 Å². The Morgan fingerprint density at radius 1 is 0.468 bits per heavy atom. The molecule has 9 nitrogen and oxygen atoms in total. The van der Waals surface area contributed by atoms with Gasteiger partial charge in [-0.05, 0) is 109 Å². The highest BCUT2D eigenvalue weighted by atomic mass is 31.2. The first-order valence-electron chi connectivity index (χ1n) is 32.2. The van der Waals surface area contributed by atoms with Crippen LogP contribution in [0, 0.1) is 0 Å². The smallest absolute Gasteiger partial charge is 0.456 e. The fourth-order valence-corrected chi connectivity index (χ4v) is 9.49. The number of phosphoric acid groups is 1. The summed E-state index contributed by atoms with van der Waals surface area (Å²) in [5.74, 6) is -0.533. The number of carbonyl (C=O) groups excluding carboxylic acids is 2. The first-order valence-corrected chi connectivity index (χ1v) is 33.7. The second-order valence-corrected chi connectivity index (χ2v) is 24.0. The lowest BCUT2D eigenvalue weighted by Gasteiger charge is -2.27. The minimum absolute atomic E-state index is 0.0313. The highest BCUT2D eigenvalue weighted by Crippen LogP contribution is 2.43. The van der Waals surface area contributed by atoms with Gasteiger partial charge in [0, 0.05) is 12.8 Å². The van der Waals surface area contributed by atoms with Gasteiger partial charge in [0.15, 0.2) is 0 Å². The van der Waals surface area contributed by atoms with E-state index in [1.165, 1.54) is 103 Å². The Balaban J connectivity index is 5.12. The molecule has 1 amide bonds. The number of hydrogen-bond donors (Lipinski definition) is 2. The molecule has 0 aromatic carbocycles. The standard InChI is InChI=1S/C69H121N2O7P/c1-7-10-13-16-19-22-25-27-29-30-31-32-33-34-35-36-37-38-39-40-42-43-46-49-52-55-58-61-68(72)70-66(65-77-79(74,75)76-64-63-71(4,5)6)67(60-57-54-51-48-45-24-21-18-15-12-9-3)78-69(73)62-59-56-53-50-47-44-41-28-26-23-20-17-14-11-8-2/h10,13,19-20,22-23,26-29,31-32,34-35,37-38,57,60,66-67H,7-9,11-12,14-18,21,24-25,30,33,36,39-56,58-59,61-65H2,1-6H3,(H-,70,72,74,75)/p+1/b13-10-,22-19-,23-20+,28-26+,29-27-,32-31-,35-34-,38-37-,60-57-. The van der Waals surface area contributed by atoms with Gasteiger partial charge in [-0.1, -0.05) is 252 Å². The molecule has 10 heteroatoms. The Bertz CT molecular complexity index is 1720. The van der Waals surface area contributed by atoms with Crippen molar-refractivity contribution in [1.82, 2.24) is 5.32 Å². The largest absolute Gasteiger partial charge is 0.472 e. The first kappa shape index (κ1) is 75.7. The van der Waals surface area contributed by atoms with Crippen LogP contribution in [0.3, 0.4) is 0 Å². The summed E-state index contributed by atoms with van der Waals surface area (Å²) in [6, 6.07) is -0.864. The van der Waals surface area contributed by atoms with Gasteiger partial charge in [0.05, 0.1) is 33.8 Å². The van der Waals surface area contributed by atoms with Crippen molar-refractivity contribution in [3.63, 3.8) is 0 Å². The zero-order valence-corrected chi connectivity index (χ0v) is 52.7. The molecule has 0 aromatic rings. The van der Waals surface area contributed by atoms with Crippen LogP contribution >= 0.6 is 7.82 Å². The van der Waals surface area contributed by atoms with Crippen LogP contribution in [0.15, 0.2) is 109 Å². The van der Waals surface area contributed by atoms with Crippen LogP contribution in [-0.2, 0) is 27.9 Å². The van der Waals surface area contributed by atoms with E-state index in [1.54, 1.807) is 0 Å². The van der Waals surface area contributed by atoms with Crippen LogP contribution in [0.25, 0.3) is 0 Å². The maximum atomic E-state index is 13.6. The average Bonchev–Trinajstić information content (AvgIpc) is 3.41. The van der Waals surface area contributed by atoms with E-state index in [0.717, 1.165) is 128 Å². The number of allylic oxidation sites excluding steroid dienone is 17. The Labute approximate surface area is 487 Å². The van der Waals surface area contributed by atoms with Gasteiger partial charge in [-0.25, -0.2) is 4.57 Å². The second kappa shape index (κ2) is 57.9. The second-order valence-electron chi connectivity index (χ2n) is 22.6. The topological polar surface area (TPSA) is 111 Å². The molecule has 0 aliphatic rings. The Morgan fingerprint density at radius 3 is 1.32 bits per heavy atom. The summed E-state index contributed by atoms with van der Waals surface area (Å²) in [6.45, 7) is 6.84. The van der Waals surface area contributed by atoms with Crippen molar-refractivity contribution in [2.24, 2.45) is 0 Å². The molecular formula is C69H122N2O7P+. The van der Waals surface area contributed by atoms with Gasteiger partial charge in [-0.3, -0.25) is 18.6 Å². The van der Waals surface area contributed by atoms with E-state index < -0.39 is 20.0 Å². The molecule has 79 heavy (non-hydrogen) atoms. The zero-order valence-electron chi connectivity index (χ0n) is 51.8. The number of ether oxygens (including phenoxy) is 1. The van der Waals surface area contributed by atoms with Crippen molar-refractivity contribution in [3.8, 4) is 0 Å². The fraction of sp³-hybridized carbons (Fsp3) is 0.710. The first-order chi connectivity index (χ1) is 38.4. The molecular weight excluding hydrogens is 1000 g/mol. The van der Waals surface area contributed by atoms with Crippen LogP contribution in [0.1, 0.15) is 265 Å². The number of phosphoric ester groups is 1. The highest BCUT2D eigenvalue weighted by Gasteiger charge is 2.30. The van der Waals surface area contributed by atoms with Crippen molar-refractivity contribution in [2.45, 2.75) is 277 Å². The Morgan fingerprint density at radius 2 is 0.848 bits per heavy atom. The van der Waals surface area contributed by atoms with E-state index in [9.17, 15) is 19.0 Å². The van der Waals surface area contributed by atoms with E-state index in [1.807, 2.05) is 33.3 Å². The molecule has 0 radical (unpaired) electrons. The van der Waals surface area contributed by atoms with E-state index >= 15 is 0 Å². The molecule has 0 bridgehead atoms. The van der Waals surface area contributed by atoms with E-state index in [0.29, 0.717) is 17.4 Å². The van der Waals surface area contributed by atoms with E-state index in [2.05, 4.69) is 123 Å². The SMILES string of the molecule is CC/C=C\C/C=C\C/C=C\C/C=C\C/C=C\C/C=C\CCCCCCCCCCC(=O)NC(COP(=O)(O)OCC[N+](C)(C)C)C(/C=C\CCCCCCCCCCC)OC(=O)CCCCCCCC/C=C/C=C/CCCCC. The zero-order chi connectivity index (χ0) is 57.9. The predicted molar refractivity (Wildman–Crippen MR) is 341 cm³/mol. The van der Waals surface area contributed by atoms with Gasteiger partial charge >= 0.3 is 13.8 Å². The third kappa shape index (κ3) is 59.1. The molecule has 0 rings (SSSR count). The number of rotatable bonds is 57. The summed E-state index contributed by atoms with van der Waals surface area (Å²) < 4.78 is 30.7. The third-order valence-corrected chi connectivity index (χ3v) is 14.7. The summed E-state index contributed by atoms with van der Waals surface area (Å²) in [5, 5.41) is 3.05. The maximum absolute atomic E-state index is 13.6. The summed E-state index contributed by atoms with van der Waals surface area (Å²) >= 11 is 0. The number of nitrogens with one attached hydrogen (secondary N) is 1. The Kier molecular flexibility index (Phi) is 55.4. The molecule has 0 spiro atoms. The fourth-order valence-electron chi connectivity index (χ4n) is 8.76. The van der Waals surface area contributed by atoms with Gasteiger partial charge in [-0.15, -0.1) is 0 Å². The van der Waals surface area contributed by atoms with Crippen LogP contribution in [0.2, 0.25) is 0 Å². The lowest BCUT2D eigenvalue weighted by atomic mass is 10.0. The molecule has 2 N–H and O–H groups in total. The van der Waals surface area contributed by atoms with Crippen molar-refractivity contribution >= 4 is 19.7 Å². The quantitative estimate of drug-likeness (QED) is 0.0156.